The van der Waals surface area contributed by atoms with E-state index in [1.165, 1.54) is 6.07 Å². The number of aliphatic hydroxyl groups is 1. The topological polar surface area (TPSA) is 91.6 Å². The zero-order valence-corrected chi connectivity index (χ0v) is 13.2. The molecular weight excluding hydrogens is 300 g/mol. The zero-order valence-electron chi connectivity index (χ0n) is 11.6. The second-order valence-electron chi connectivity index (χ2n) is 4.09. The SMILES string of the molecule is CCNCc1ccc(S(=O)(=O)NCCSCCCO)o1. The van der Waals surface area contributed by atoms with Crippen molar-refractivity contribution >= 4 is 21.8 Å². The van der Waals surface area contributed by atoms with Crippen LogP contribution >= 0.6 is 11.8 Å². The molecule has 6 nitrogen and oxygen atoms in total. The lowest BCUT2D eigenvalue weighted by atomic mass is 10.4. The van der Waals surface area contributed by atoms with Crippen molar-refractivity contribution in [2.75, 3.05) is 31.2 Å². The molecule has 1 rings (SSSR count). The molecule has 0 saturated carbocycles. The molecule has 8 heteroatoms. The largest absolute Gasteiger partial charge is 0.447 e. The summed E-state index contributed by atoms with van der Waals surface area (Å²) in [5.41, 5.74) is 0. The summed E-state index contributed by atoms with van der Waals surface area (Å²) >= 11 is 1.60. The van der Waals surface area contributed by atoms with Gasteiger partial charge in [-0.05, 0) is 30.9 Å². The number of sulfonamides is 1. The van der Waals surface area contributed by atoms with Crippen molar-refractivity contribution in [1.29, 1.82) is 0 Å². The standard InChI is InChI=1S/C12H22N2O4S2/c1-2-13-10-11-4-5-12(18-11)20(16,17)14-6-9-19-8-3-7-15/h4-5,13-15H,2-3,6-10H2,1H3. The summed E-state index contributed by atoms with van der Waals surface area (Å²) in [6, 6.07) is 3.13. The molecule has 0 amide bonds. The van der Waals surface area contributed by atoms with Crippen LogP contribution in [0.2, 0.25) is 0 Å². The molecular formula is C12H22N2O4S2. The molecule has 3 N–H and O–H groups in total. The predicted octanol–water partition coefficient (Wildman–Crippen LogP) is 0.783. The molecule has 0 aliphatic rings. The maximum Gasteiger partial charge on any atom is 0.273 e. The van der Waals surface area contributed by atoms with Crippen molar-refractivity contribution in [2.45, 2.75) is 25.0 Å². The second-order valence-corrected chi connectivity index (χ2v) is 7.01. The highest BCUT2D eigenvalue weighted by Gasteiger charge is 2.17. The van der Waals surface area contributed by atoms with Gasteiger partial charge in [-0.2, -0.15) is 11.8 Å². The fraction of sp³-hybridized carbons (Fsp3) is 0.667. The van der Waals surface area contributed by atoms with Crippen LogP contribution in [0.1, 0.15) is 19.1 Å². The van der Waals surface area contributed by atoms with Crippen LogP contribution in [0.25, 0.3) is 0 Å². The summed E-state index contributed by atoms with van der Waals surface area (Å²) in [4.78, 5) is 0. The van der Waals surface area contributed by atoms with E-state index in [1.807, 2.05) is 6.92 Å². The van der Waals surface area contributed by atoms with Crippen LogP contribution in [0.4, 0.5) is 0 Å². The first-order chi connectivity index (χ1) is 9.60. The van der Waals surface area contributed by atoms with Gasteiger partial charge < -0.3 is 14.8 Å². The third kappa shape index (κ3) is 6.27. The van der Waals surface area contributed by atoms with E-state index in [0.29, 0.717) is 24.6 Å². The predicted molar refractivity (Wildman–Crippen MR) is 80.3 cm³/mol. The minimum atomic E-state index is -3.56. The van der Waals surface area contributed by atoms with E-state index in [2.05, 4.69) is 10.0 Å². The highest BCUT2D eigenvalue weighted by molar-refractivity contribution is 7.99. The Labute approximate surface area is 124 Å². The van der Waals surface area contributed by atoms with Crippen molar-refractivity contribution < 1.29 is 17.9 Å². The van der Waals surface area contributed by atoms with Gasteiger partial charge >= 0.3 is 0 Å². The fourth-order valence-corrected chi connectivity index (χ4v) is 3.32. The van der Waals surface area contributed by atoms with Gasteiger partial charge in [0.1, 0.15) is 5.76 Å². The summed E-state index contributed by atoms with van der Waals surface area (Å²) in [6.07, 6.45) is 0.726. The normalized spacial score (nSPS) is 11.9. The number of rotatable bonds is 11. The molecule has 0 saturated heterocycles. The number of nitrogens with one attached hydrogen (secondary N) is 2. The van der Waals surface area contributed by atoms with Crippen molar-refractivity contribution in [3.8, 4) is 0 Å². The van der Waals surface area contributed by atoms with E-state index in [1.54, 1.807) is 17.8 Å². The van der Waals surface area contributed by atoms with Crippen LogP contribution in [0.5, 0.6) is 0 Å². The highest BCUT2D eigenvalue weighted by Crippen LogP contribution is 2.13. The van der Waals surface area contributed by atoms with Crippen LogP contribution in [0, 0.1) is 0 Å². The second kappa shape index (κ2) is 9.41. The Hall–Kier alpha value is -0.540. The van der Waals surface area contributed by atoms with E-state index < -0.39 is 10.0 Å². The van der Waals surface area contributed by atoms with Crippen LogP contribution < -0.4 is 10.0 Å². The smallest absolute Gasteiger partial charge is 0.273 e. The van der Waals surface area contributed by atoms with Gasteiger partial charge in [0.05, 0.1) is 6.54 Å². The maximum atomic E-state index is 11.9. The van der Waals surface area contributed by atoms with Crippen LogP contribution in [-0.2, 0) is 16.6 Å². The number of thioether (sulfide) groups is 1. The van der Waals surface area contributed by atoms with Gasteiger partial charge in [0.2, 0.25) is 5.09 Å². The third-order valence-corrected chi connectivity index (χ3v) is 4.84. The Morgan fingerprint density at radius 2 is 2.15 bits per heavy atom. The van der Waals surface area contributed by atoms with Gasteiger partial charge in [0.15, 0.2) is 0 Å². The number of aliphatic hydroxyl groups excluding tert-OH is 1. The van der Waals surface area contributed by atoms with Gasteiger partial charge in [-0.1, -0.05) is 6.92 Å². The lowest BCUT2D eigenvalue weighted by Gasteiger charge is -2.04. The maximum absolute atomic E-state index is 11.9. The average Bonchev–Trinajstić information content (AvgIpc) is 2.90. The molecule has 0 atom stereocenters. The molecule has 1 aromatic heterocycles. The number of hydrogen-bond acceptors (Lipinski definition) is 6. The zero-order chi connectivity index (χ0) is 14.8. The van der Waals surface area contributed by atoms with Crippen molar-refractivity contribution in [3.63, 3.8) is 0 Å². The molecule has 0 bridgehead atoms. The quantitative estimate of drug-likeness (QED) is 0.522. The Morgan fingerprint density at radius 1 is 1.35 bits per heavy atom. The Balaban J connectivity index is 2.38. The lowest BCUT2D eigenvalue weighted by Crippen LogP contribution is -2.25. The molecule has 1 aromatic rings. The molecule has 20 heavy (non-hydrogen) atoms. The highest BCUT2D eigenvalue weighted by atomic mass is 32.2. The molecule has 116 valence electrons. The Kier molecular flexibility index (Phi) is 8.24. The molecule has 0 fully saturated rings. The fourth-order valence-electron chi connectivity index (χ4n) is 1.43. The van der Waals surface area contributed by atoms with Crippen molar-refractivity contribution in [1.82, 2.24) is 10.0 Å². The average molecular weight is 322 g/mol. The first-order valence-electron chi connectivity index (χ1n) is 6.58. The first kappa shape index (κ1) is 17.5. The summed E-state index contributed by atoms with van der Waals surface area (Å²) in [6.45, 7) is 3.80. The Bertz CT molecular complexity index is 474. The van der Waals surface area contributed by atoms with E-state index in [0.717, 1.165) is 18.7 Å². The number of furan rings is 1. The monoisotopic (exact) mass is 322 g/mol. The molecule has 0 unspecified atom stereocenters. The van der Waals surface area contributed by atoms with Crippen LogP contribution in [0.15, 0.2) is 21.6 Å². The molecule has 0 aliphatic carbocycles. The lowest BCUT2D eigenvalue weighted by molar-refractivity contribution is 0.296. The van der Waals surface area contributed by atoms with Gasteiger partial charge in [-0.15, -0.1) is 0 Å². The molecule has 0 aliphatic heterocycles. The van der Waals surface area contributed by atoms with Crippen LogP contribution in [-0.4, -0.2) is 44.7 Å². The van der Waals surface area contributed by atoms with Crippen LogP contribution in [0.3, 0.4) is 0 Å². The summed E-state index contributed by atoms with van der Waals surface area (Å²) < 4.78 is 31.7. The summed E-state index contributed by atoms with van der Waals surface area (Å²) in [5.74, 6) is 2.10. The van der Waals surface area contributed by atoms with E-state index in [4.69, 9.17) is 9.52 Å². The molecule has 0 radical (unpaired) electrons. The van der Waals surface area contributed by atoms with Gasteiger partial charge in [-0.3, -0.25) is 0 Å². The van der Waals surface area contributed by atoms with E-state index in [-0.39, 0.29) is 11.7 Å². The van der Waals surface area contributed by atoms with Crippen molar-refractivity contribution in [3.05, 3.63) is 17.9 Å². The Morgan fingerprint density at radius 3 is 2.85 bits per heavy atom. The molecule has 0 aromatic carbocycles. The van der Waals surface area contributed by atoms with E-state index in [9.17, 15) is 8.42 Å². The third-order valence-electron chi connectivity index (χ3n) is 2.44. The minimum Gasteiger partial charge on any atom is -0.447 e. The summed E-state index contributed by atoms with van der Waals surface area (Å²) in [5, 5.41) is 11.6. The van der Waals surface area contributed by atoms with Gasteiger partial charge in [-0.25, -0.2) is 13.1 Å². The molecule has 0 spiro atoms. The summed E-state index contributed by atoms with van der Waals surface area (Å²) in [7, 11) is -3.56. The van der Waals surface area contributed by atoms with Crippen molar-refractivity contribution in [2.24, 2.45) is 0 Å². The minimum absolute atomic E-state index is 0.0502. The molecule has 1 heterocycles. The van der Waals surface area contributed by atoms with Gasteiger partial charge in [0, 0.05) is 18.9 Å². The van der Waals surface area contributed by atoms with Gasteiger partial charge in [0.25, 0.3) is 10.0 Å². The van der Waals surface area contributed by atoms with E-state index >= 15 is 0 Å². The number of hydrogen-bond donors (Lipinski definition) is 3. The first-order valence-corrected chi connectivity index (χ1v) is 9.21.